The minimum absolute atomic E-state index is 0.180. The van der Waals surface area contributed by atoms with Crippen LogP contribution >= 0.6 is 0 Å². The van der Waals surface area contributed by atoms with Crippen molar-refractivity contribution >= 4 is 17.3 Å². The molecule has 0 bridgehead atoms. The van der Waals surface area contributed by atoms with Gasteiger partial charge in [0, 0.05) is 37.1 Å². The van der Waals surface area contributed by atoms with Gasteiger partial charge >= 0.3 is 0 Å². The van der Waals surface area contributed by atoms with Gasteiger partial charge in [-0.1, -0.05) is 13.3 Å². The molecule has 0 unspecified atom stereocenters. The summed E-state index contributed by atoms with van der Waals surface area (Å²) in [6.07, 6.45) is 4.29. The second-order valence-electron chi connectivity index (χ2n) is 6.78. The highest BCUT2D eigenvalue weighted by atomic mass is 16.2. The number of aromatic nitrogens is 2. The van der Waals surface area contributed by atoms with Gasteiger partial charge in [0.25, 0.3) is 11.5 Å². The van der Waals surface area contributed by atoms with E-state index in [1.54, 1.807) is 0 Å². The van der Waals surface area contributed by atoms with Gasteiger partial charge in [0.15, 0.2) is 0 Å². The zero-order valence-corrected chi connectivity index (χ0v) is 15.5. The number of nitrogens with one attached hydrogen (secondary N) is 1. The lowest BCUT2D eigenvalue weighted by molar-refractivity contribution is 0.101. The van der Waals surface area contributed by atoms with Crippen LogP contribution in [0, 0.1) is 6.92 Å². The lowest BCUT2D eigenvalue weighted by Gasteiger charge is -2.20. The number of nitrogens with zero attached hydrogens (tertiary/aromatic N) is 3. The fourth-order valence-electron chi connectivity index (χ4n) is 3.28. The molecule has 26 heavy (non-hydrogen) atoms. The number of rotatable bonds is 6. The molecule has 0 saturated carbocycles. The molecule has 6 nitrogen and oxygen atoms in total. The molecule has 1 aromatic heterocycles. The lowest BCUT2D eigenvalue weighted by atomic mass is 10.1. The van der Waals surface area contributed by atoms with Crippen molar-refractivity contribution in [3.05, 3.63) is 51.9 Å². The maximum Gasteiger partial charge on any atom is 0.276 e. The second-order valence-corrected chi connectivity index (χ2v) is 6.78. The van der Waals surface area contributed by atoms with Crippen LogP contribution in [0.25, 0.3) is 0 Å². The SMILES string of the molecule is CCCCn1nc(C(=O)Nc2ccc(N3CCCC3)c(C)c2)ccc1=O. The van der Waals surface area contributed by atoms with Crippen LogP contribution < -0.4 is 15.8 Å². The summed E-state index contributed by atoms with van der Waals surface area (Å²) >= 11 is 0. The van der Waals surface area contributed by atoms with Gasteiger partial charge < -0.3 is 10.2 Å². The number of benzene rings is 1. The first-order valence-electron chi connectivity index (χ1n) is 9.33. The first-order chi connectivity index (χ1) is 12.6. The molecule has 1 N–H and O–H groups in total. The molecule has 138 valence electrons. The number of carbonyl (C=O) groups is 1. The first kappa shape index (κ1) is 18.2. The summed E-state index contributed by atoms with van der Waals surface area (Å²) in [6.45, 7) is 6.83. The number of hydrogen-bond acceptors (Lipinski definition) is 4. The van der Waals surface area contributed by atoms with Crippen molar-refractivity contribution in [3.8, 4) is 0 Å². The summed E-state index contributed by atoms with van der Waals surface area (Å²) in [5.74, 6) is -0.302. The highest BCUT2D eigenvalue weighted by Gasteiger charge is 2.15. The number of amides is 1. The van der Waals surface area contributed by atoms with Crippen LogP contribution in [0.5, 0.6) is 0 Å². The largest absolute Gasteiger partial charge is 0.371 e. The minimum Gasteiger partial charge on any atom is -0.371 e. The number of aryl methyl sites for hydroxylation is 2. The summed E-state index contributed by atoms with van der Waals surface area (Å²) in [7, 11) is 0. The van der Waals surface area contributed by atoms with E-state index in [1.165, 1.54) is 35.3 Å². The van der Waals surface area contributed by atoms with E-state index in [4.69, 9.17) is 0 Å². The summed E-state index contributed by atoms with van der Waals surface area (Å²) in [6, 6.07) is 8.85. The second kappa shape index (κ2) is 8.17. The van der Waals surface area contributed by atoms with Crippen LogP contribution in [0.15, 0.2) is 35.1 Å². The third kappa shape index (κ3) is 4.12. The topological polar surface area (TPSA) is 67.2 Å². The van der Waals surface area contributed by atoms with Crippen LogP contribution in [0.1, 0.15) is 48.7 Å². The average Bonchev–Trinajstić information content (AvgIpc) is 3.15. The Morgan fingerprint density at radius 2 is 1.96 bits per heavy atom. The molecule has 0 aliphatic carbocycles. The van der Waals surface area contributed by atoms with Gasteiger partial charge in [-0.25, -0.2) is 4.68 Å². The van der Waals surface area contributed by atoms with Crippen molar-refractivity contribution in [2.24, 2.45) is 0 Å². The molecule has 1 fully saturated rings. The van der Waals surface area contributed by atoms with Crippen molar-refractivity contribution in [1.82, 2.24) is 9.78 Å². The Labute approximate surface area is 153 Å². The van der Waals surface area contributed by atoms with E-state index < -0.39 is 0 Å². The Bertz CT molecular complexity index is 838. The van der Waals surface area contributed by atoms with Gasteiger partial charge in [0.1, 0.15) is 5.69 Å². The predicted octanol–water partition coefficient (Wildman–Crippen LogP) is 3.20. The van der Waals surface area contributed by atoms with Gasteiger partial charge in [-0.3, -0.25) is 9.59 Å². The van der Waals surface area contributed by atoms with Crippen molar-refractivity contribution in [2.45, 2.75) is 46.1 Å². The van der Waals surface area contributed by atoms with Crippen LogP contribution in [-0.4, -0.2) is 28.8 Å². The Balaban J connectivity index is 1.73. The average molecular weight is 354 g/mol. The normalized spacial score (nSPS) is 13.8. The Morgan fingerprint density at radius 3 is 2.65 bits per heavy atom. The lowest BCUT2D eigenvalue weighted by Crippen LogP contribution is -2.26. The van der Waals surface area contributed by atoms with E-state index in [0.29, 0.717) is 6.54 Å². The van der Waals surface area contributed by atoms with Crippen LogP contribution in [0.4, 0.5) is 11.4 Å². The van der Waals surface area contributed by atoms with Gasteiger partial charge in [-0.05, 0) is 56.0 Å². The molecule has 1 aliphatic rings. The predicted molar refractivity (Wildman–Crippen MR) is 104 cm³/mol. The third-order valence-corrected chi connectivity index (χ3v) is 4.72. The molecular weight excluding hydrogens is 328 g/mol. The van der Waals surface area contributed by atoms with Crippen LogP contribution in [0.3, 0.4) is 0 Å². The van der Waals surface area contributed by atoms with E-state index in [1.807, 2.05) is 12.1 Å². The van der Waals surface area contributed by atoms with Crippen molar-refractivity contribution in [1.29, 1.82) is 0 Å². The molecule has 1 aromatic carbocycles. The Kier molecular flexibility index (Phi) is 5.71. The fourth-order valence-corrected chi connectivity index (χ4v) is 3.28. The smallest absolute Gasteiger partial charge is 0.276 e. The molecule has 0 radical (unpaired) electrons. The van der Waals surface area contributed by atoms with E-state index in [-0.39, 0.29) is 17.2 Å². The first-order valence-corrected chi connectivity index (χ1v) is 9.33. The highest BCUT2D eigenvalue weighted by molar-refractivity contribution is 6.02. The highest BCUT2D eigenvalue weighted by Crippen LogP contribution is 2.26. The minimum atomic E-state index is -0.302. The van der Waals surface area contributed by atoms with E-state index in [9.17, 15) is 9.59 Å². The maximum atomic E-state index is 12.5. The molecule has 2 aromatic rings. The van der Waals surface area contributed by atoms with Crippen molar-refractivity contribution < 1.29 is 4.79 Å². The van der Waals surface area contributed by atoms with Crippen LogP contribution in [-0.2, 0) is 6.54 Å². The zero-order valence-electron chi connectivity index (χ0n) is 15.5. The molecule has 1 aliphatic heterocycles. The number of anilines is 2. The van der Waals surface area contributed by atoms with E-state index >= 15 is 0 Å². The monoisotopic (exact) mass is 354 g/mol. The summed E-state index contributed by atoms with van der Waals surface area (Å²) in [5, 5.41) is 7.08. The van der Waals surface area contributed by atoms with Crippen molar-refractivity contribution in [2.75, 3.05) is 23.3 Å². The maximum absolute atomic E-state index is 12.5. The van der Waals surface area contributed by atoms with Gasteiger partial charge in [-0.15, -0.1) is 0 Å². The molecule has 0 atom stereocenters. The summed E-state index contributed by atoms with van der Waals surface area (Å²) in [4.78, 5) is 26.7. The third-order valence-electron chi connectivity index (χ3n) is 4.72. The van der Waals surface area contributed by atoms with Crippen molar-refractivity contribution in [3.63, 3.8) is 0 Å². The van der Waals surface area contributed by atoms with Gasteiger partial charge in [-0.2, -0.15) is 5.10 Å². The van der Waals surface area contributed by atoms with E-state index in [2.05, 4.69) is 35.2 Å². The standard InChI is InChI=1S/C20H26N4O2/c1-3-4-13-24-19(25)10-8-17(22-24)20(26)21-16-7-9-18(15(2)14-16)23-11-5-6-12-23/h7-10,14H,3-6,11-13H2,1-2H3,(H,21,26). The van der Waals surface area contributed by atoms with Crippen LogP contribution in [0.2, 0.25) is 0 Å². The summed E-state index contributed by atoms with van der Waals surface area (Å²) < 4.78 is 1.36. The molecule has 3 rings (SSSR count). The fraction of sp³-hybridized carbons (Fsp3) is 0.450. The Morgan fingerprint density at radius 1 is 1.19 bits per heavy atom. The molecule has 6 heteroatoms. The quantitative estimate of drug-likeness (QED) is 0.865. The molecule has 1 saturated heterocycles. The van der Waals surface area contributed by atoms with Gasteiger partial charge in [0.2, 0.25) is 0 Å². The zero-order chi connectivity index (χ0) is 18.5. The van der Waals surface area contributed by atoms with Gasteiger partial charge in [0.05, 0.1) is 0 Å². The molecule has 2 heterocycles. The number of hydrogen-bond donors (Lipinski definition) is 1. The number of carbonyl (C=O) groups excluding carboxylic acids is 1. The Hall–Kier alpha value is -2.63. The molecule has 1 amide bonds. The summed E-state index contributed by atoms with van der Waals surface area (Å²) in [5.41, 5.74) is 3.18. The van der Waals surface area contributed by atoms with E-state index in [0.717, 1.165) is 37.2 Å². The molecular formula is C20H26N4O2. The number of unbranched alkanes of at least 4 members (excludes halogenated alkanes) is 1. The molecule has 0 spiro atoms.